The highest BCUT2D eigenvalue weighted by Gasteiger charge is 2.16. The third-order valence-electron chi connectivity index (χ3n) is 2.67. The maximum atomic E-state index is 3.48. The highest BCUT2D eigenvalue weighted by Crippen LogP contribution is 2.28. The Morgan fingerprint density at radius 3 is 3.00 bits per heavy atom. The summed E-state index contributed by atoms with van der Waals surface area (Å²) in [5, 5.41) is 0.965. The molecule has 13 heavy (non-hydrogen) atoms. The molecule has 0 aromatic heterocycles. The van der Waals surface area contributed by atoms with E-state index in [1.54, 1.807) is 0 Å². The molecule has 0 spiro atoms. The van der Waals surface area contributed by atoms with Crippen molar-refractivity contribution in [1.29, 1.82) is 0 Å². The number of hydrogen-bond acceptors (Lipinski definition) is 1. The van der Waals surface area contributed by atoms with Crippen LogP contribution in [0.25, 0.3) is 0 Å². The van der Waals surface area contributed by atoms with Crippen LogP contribution >= 0.6 is 15.9 Å². The normalized spacial score (nSPS) is 14.8. The van der Waals surface area contributed by atoms with Crippen LogP contribution in [0.5, 0.6) is 0 Å². The zero-order chi connectivity index (χ0) is 9.26. The van der Waals surface area contributed by atoms with Crippen LogP contribution in [0.1, 0.15) is 18.1 Å². The van der Waals surface area contributed by atoms with E-state index >= 15 is 0 Å². The summed E-state index contributed by atoms with van der Waals surface area (Å²) in [5.74, 6) is 0. The van der Waals surface area contributed by atoms with E-state index < -0.39 is 0 Å². The van der Waals surface area contributed by atoms with Crippen molar-refractivity contribution in [2.24, 2.45) is 0 Å². The van der Waals surface area contributed by atoms with Crippen LogP contribution in [0.3, 0.4) is 0 Å². The second-order valence-corrected chi connectivity index (χ2v) is 3.99. The minimum Gasteiger partial charge on any atom is -0.371 e. The average molecular weight is 240 g/mol. The van der Waals surface area contributed by atoms with Gasteiger partial charge in [0.1, 0.15) is 0 Å². The van der Waals surface area contributed by atoms with Crippen LogP contribution in [0.15, 0.2) is 18.2 Å². The maximum absolute atomic E-state index is 3.48. The topological polar surface area (TPSA) is 3.24 Å². The molecule has 1 aliphatic rings. The molecular weight excluding hydrogens is 226 g/mol. The van der Waals surface area contributed by atoms with Gasteiger partial charge in [-0.05, 0) is 30.5 Å². The fraction of sp³-hybridized carbons (Fsp3) is 0.455. The molecule has 0 N–H and O–H groups in total. The van der Waals surface area contributed by atoms with Crippen LogP contribution in [-0.4, -0.2) is 13.1 Å². The number of anilines is 1. The van der Waals surface area contributed by atoms with Gasteiger partial charge in [-0.25, -0.2) is 0 Å². The Balaban J connectivity index is 2.34. The van der Waals surface area contributed by atoms with Crippen LogP contribution in [0, 0.1) is 0 Å². The molecule has 0 unspecified atom stereocenters. The lowest BCUT2D eigenvalue weighted by Gasteiger charge is -2.16. The fourth-order valence-electron chi connectivity index (χ4n) is 1.94. The molecule has 70 valence electrons. The summed E-state index contributed by atoms with van der Waals surface area (Å²) in [6.45, 7) is 4.53. The van der Waals surface area contributed by atoms with E-state index in [0.717, 1.165) is 11.9 Å². The van der Waals surface area contributed by atoms with Crippen molar-refractivity contribution in [3.8, 4) is 0 Å². The second-order valence-electron chi connectivity index (χ2n) is 3.43. The number of likely N-dealkylation sites (N-methyl/N-ethyl adjacent to an activating group) is 1. The zero-order valence-electron chi connectivity index (χ0n) is 7.89. The lowest BCUT2D eigenvalue weighted by atomic mass is 10.1. The molecule has 1 aliphatic heterocycles. The summed E-state index contributed by atoms with van der Waals surface area (Å²) in [7, 11) is 0. The summed E-state index contributed by atoms with van der Waals surface area (Å²) < 4.78 is 0. The van der Waals surface area contributed by atoms with Crippen molar-refractivity contribution in [2.45, 2.75) is 18.7 Å². The van der Waals surface area contributed by atoms with Crippen LogP contribution < -0.4 is 4.90 Å². The standard InChI is InChI=1S/C11H14BrN/c1-2-13-6-5-10-7-9(8-12)3-4-11(10)13/h3-4,7H,2,5-6,8H2,1H3. The van der Waals surface area contributed by atoms with Crippen molar-refractivity contribution in [1.82, 2.24) is 0 Å². The van der Waals surface area contributed by atoms with Crippen LogP contribution in [-0.2, 0) is 11.8 Å². The van der Waals surface area contributed by atoms with E-state index in [4.69, 9.17) is 0 Å². The molecular formula is C11H14BrN. The molecule has 0 fully saturated rings. The van der Waals surface area contributed by atoms with Crippen LogP contribution in [0.4, 0.5) is 5.69 Å². The SMILES string of the molecule is CCN1CCc2cc(CBr)ccc21. The maximum Gasteiger partial charge on any atom is 0.0399 e. The number of rotatable bonds is 2. The number of nitrogens with zero attached hydrogens (tertiary/aromatic N) is 1. The summed E-state index contributed by atoms with van der Waals surface area (Å²) in [6, 6.07) is 6.78. The highest BCUT2D eigenvalue weighted by molar-refractivity contribution is 9.08. The first-order chi connectivity index (χ1) is 6.35. The first-order valence-electron chi connectivity index (χ1n) is 4.78. The Kier molecular flexibility index (Phi) is 2.58. The molecule has 0 atom stereocenters. The van der Waals surface area contributed by atoms with Crippen molar-refractivity contribution < 1.29 is 0 Å². The van der Waals surface area contributed by atoms with E-state index in [-0.39, 0.29) is 0 Å². The number of alkyl halides is 1. The third-order valence-corrected chi connectivity index (χ3v) is 3.32. The number of hydrogen-bond donors (Lipinski definition) is 0. The van der Waals surface area contributed by atoms with E-state index in [1.165, 1.54) is 29.8 Å². The van der Waals surface area contributed by atoms with Gasteiger partial charge >= 0.3 is 0 Å². The molecule has 0 radical (unpaired) electrons. The van der Waals surface area contributed by atoms with Crippen molar-refractivity contribution in [2.75, 3.05) is 18.0 Å². The van der Waals surface area contributed by atoms with Gasteiger partial charge < -0.3 is 4.90 Å². The van der Waals surface area contributed by atoms with E-state index in [2.05, 4.69) is 46.0 Å². The Morgan fingerprint density at radius 2 is 2.31 bits per heavy atom. The summed E-state index contributed by atoms with van der Waals surface area (Å²) in [6.07, 6.45) is 1.21. The number of fused-ring (bicyclic) bond motifs is 1. The first-order valence-corrected chi connectivity index (χ1v) is 5.90. The quantitative estimate of drug-likeness (QED) is 0.718. The molecule has 0 saturated heterocycles. The monoisotopic (exact) mass is 239 g/mol. The lowest BCUT2D eigenvalue weighted by molar-refractivity contribution is 0.868. The molecule has 1 aromatic rings. The molecule has 1 nitrogen and oxygen atoms in total. The molecule has 0 bridgehead atoms. The minimum absolute atomic E-state index is 0.965. The predicted octanol–water partition coefficient (Wildman–Crippen LogP) is 2.96. The summed E-state index contributed by atoms with van der Waals surface area (Å²) >= 11 is 3.48. The highest BCUT2D eigenvalue weighted by atomic mass is 79.9. The minimum atomic E-state index is 0.965. The summed E-state index contributed by atoms with van der Waals surface area (Å²) in [5.41, 5.74) is 4.34. The molecule has 1 heterocycles. The number of halogens is 1. The average Bonchev–Trinajstić information content (AvgIpc) is 2.59. The predicted molar refractivity (Wildman–Crippen MR) is 60.7 cm³/mol. The van der Waals surface area contributed by atoms with Gasteiger partial charge in [0.15, 0.2) is 0 Å². The van der Waals surface area contributed by atoms with Crippen molar-refractivity contribution in [3.63, 3.8) is 0 Å². The van der Waals surface area contributed by atoms with Gasteiger partial charge in [0, 0.05) is 24.1 Å². The molecule has 2 rings (SSSR count). The van der Waals surface area contributed by atoms with Gasteiger partial charge in [0.2, 0.25) is 0 Å². The van der Waals surface area contributed by atoms with Crippen LogP contribution in [0.2, 0.25) is 0 Å². The van der Waals surface area contributed by atoms with Gasteiger partial charge in [-0.1, -0.05) is 28.1 Å². The third kappa shape index (κ3) is 1.60. The fourth-order valence-corrected chi connectivity index (χ4v) is 2.28. The van der Waals surface area contributed by atoms with Gasteiger partial charge in [0.25, 0.3) is 0 Å². The molecule has 0 aliphatic carbocycles. The van der Waals surface area contributed by atoms with E-state index in [1.807, 2.05) is 0 Å². The van der Waals surface area contributed by atoms with Gasteiger partial charge in [-0.15, -0.1) is 0 Å². The zero-order valence-corrected chi connectivity index (χ0v) is 9.47. The van der Waals surface area contributed by atoms with Crippen molar-refractivity contribution >= 4 is 21.6 Å². The lowest BCUT2D eigenvalue weighted by Crippen LogP contribution is -2.18. The van der Waals surface area contributed by atoms with E-state index in [9.17, 15) is 0 Å². The number of benzene rings is 1. The largest absolute Gasteiger partial charge is 0.371 e. The van der Waals surface area contributed by atoms with Gasteiger partial charge in [-0.2, -0.15) is 0 Å². The smallest absolute Gasteiger partial charge is 0.0399 e. The van der Waals surface area contributed by atoms with E-state index in [0.29, 0.717) is 0 Å². The Bertz CT molecular complexity index is 309. The molecule has 0 saturated carbocycles. The Morgan fingerprint density at radius 1 is 1.46 bits per heavy atom. The molecule has 1 aromatic carbocycles. The summed E-state index contributed by atoms with van der Waals surface area (Å²) in [4.78, 5) is 2.44. The molecule has 0 amide bonds. The van der Waals surface area contributed by atoms with Gasteiger partial charge in [0.05, 0.1) is 0 Å². The van der Waals surface area contributed by atoms with Crippen molar-refractivity contribution in [3.05, 3.63) is 29.3 Å². The first kappa shape index (κ1) is 9.07. The Hall–Kier alpha value is -0.500. The van der Waals surface area contributed by atoms with Gasteiger partial charge in [-0.3, -0.25) is 0 Å². The second kappa shape index (κ2) is 3.70. The Labute approximate surface area is 87.9 Å². The molecule has 2 heteroatoms.